The second-order valence-electron chi connectivity index (χ2n) is 4.74. The second kappa shape index (κ2) is 6.85. The molecular formula is C14H18N3O4+. The average molecular weight is 292 g/mol. The van der Waals surface area contributed by atoms with E-state index in [0.717, 1.165) is 6.54 Å². The number of methoxy groups -OCH3 is 1. The van der Waals surface area contributed by atoms with Crippen molar-refractivity contribution < 1.29 is 24.4 Å². The molecule has 112 valence electrons. The molecule has 1 aliphatic rings. The number of amides is 2. The number of benzene rings is 1. The van der Waals surface area contributed by atoms with Gasteiger partial charge in [0.25, 0.3) is 5.91 Å². The fourth-order valence-electron chi connectivity index (χ4n) is 2.11. The van der Waals surface area contributed by atoms with Gasteiger partial charge in [-0.1, -0.05) is 0 Å². The third kappa shape index (κ3) is 4.03. The third-order valence-corrected chi connectivity index (χ3v) is 3.23. The molecule has 0 spiro atoms. The molecule has 1 aromatic carbocycles. The van der Waals surface area contributed by atoms with Crippen molar-refractivity contribution in [3.63, 3.8) is 0 Å². The molecule has 0 saturated carbocycles. The first-order valence-electron chi connectivity index (χ1n) is 6.69. The lowest BCUT2D eigenvalue weighted by Gasteiger charge is -2.19. The molecule has 1 aromatic rings. The third-order valence-electron chi connectivity index (χ3n) is 3.23. The standard InChI is InChI=1S/C14H17N3O4/c1-21-14(20)9-2-4-10(5-3-9)17-12(18)8-11-13(19)16-7-6-15-11/h2-5,11,15H,6-8H2,1H3,(H,16,19)(H,17,18)/p+1/t11-/m1/s1. The van der Waals surface area contributed by atoms with Crippen LogP contribution in [0, 0.1) is 0 Å². The normalized spacial score (nSPS) is 17.8. The van der Waals surface area contributed by atoms with E-state index in [4.69, 9.17) is 0 Å². The molecule has 0 aliphatic carbocycles. The zero-order chi connectivity index (χ0) is 15.2. The molecule has 0 aromatic heterocycles. The van der Waals surface area contributed by atoms with Gasteiger partial charge in [-0.05, 0) is 24.3 Å². The van der Waals surface area contributed by atoms with Gasteiger partial charge in [-0.3, -0.25) is 9.59 Å². The van der Waals surface area contributed by atoms with Gasteiger partial charge in [-0.2, -0.15) is 0 Å². The summed E-state index contributed by atoms with van der Waals surface area (Å²) in [5, 5.41) is 7.29. The van der Waals surface area contributed by atoms with Crippen molar-refractivity contribution in [1.82, 2.24) is 5.32 Å². The van der Waals surface area contributed by atoms with Crippen molar-refractivity contribution in [3.8, 4) is 0 Å². The number of rotatable bonds is 4. The predicted molar refractivity (Wildman–Crippen MR) is 74.6 cm³/mol. The van der Waals surface area contributed by atoms with Crippen LogP contribution in [0.1, 0.15) is 16.8 Å². The van der Waals surface area contributed by atoms with Crippen LogP contribution in [0.25, 0.3) is 0 Å². The first kappa shape index (κ1) is 15.0. The number of ether oxygens (including phenoxy) is 1. The number of hydrogen-bond donors (Lipinski definition) is 3. The van der Waals surface area contributed by atoms with E-state index in [0.29, 0.717) is 17.8 Å². The summed E-state index contributed by atoms with van der Waals surface area (Å²) in [6.07, 6.45) is 0.116. The van der Waals surface area contributed by atoms with E-state index in [-0.39, 0.29) is 24.3 Å². The first-order chi connectivity index (χ1) is 10.1. The molecule has 0 bridgehead atoms. The minimum atomic E-state index is -0.429. The van der Waals surface area contributed by atoms with Crippen LogP contribution >= 0.6 is 0 Å². The molecule has 21 heavy (non-hydrogen) atoms. The SMILES string of the molecule is COC(=O)c1ccc(NC(=O)C[C@H]2[NH2+]CCNC2=O)cc1. The molecule has 1 aliphatic heterocycles. The van der Waals surface area contributed by atoms with Crippen LogP contribution in [0.3, 0.4) is 0 Å². The summed E-state index contributed by atoms with van der Waals surface area (Å²) in [7, 11) is 1.31. The minimum Gasteiger partial charge on any atom is -0.465 e. The Morgan fingerprint density at radius 1 is 1.38 bits per heavy atom. The maximum Gasteiger partial charge on any atom is 0.337 e. The zero-order valence-corrected chi connectivity index (χ0v) is 11.7. The Morgan fingerprint density at radius 2 is 2.10 bits per heavy atom. The van der Waals surface area contributed by atoms with E-state index in [1.165, 1.54) is 7.11 Å². The molecular weight excluding hydrogens is 274 g/mol. The van der Waals surface area contributed by atoms with Crippen LogP contribution in [0.15, 0.2) is 24.3 Å². The molecule has 7 nitrogen and oxygen atoms in total. The number of carbonyl (C=O) groups excluding carboxylic acids is 3. The Morgan fingerprint density at radius 3 is 2.71 bits per heavy atom. The van der Waals surface area contributed by atoms with Crippen LogP contribution < -0.4 is 16.0 Å². The number of piperazine rings is 1. The molecule has 7 heteroatoms. The number of esters is 1. The van der Waals surface area contributed by atoms with E-state index in [1.807, 2.05) is 5.32 Å². The lowest BCUT2D eigenvalue weighted by molar-refractivity contribution is -0.678. The lowest BCUT2D eigenvalue weighted by Crippen LogP contribution is -2.96. The van der Waals surface area contributed by atoms with E-state index in [1.54, 1.807) is 24.3 Å². The Bertz CT molecular complexity index is 542. The van der Waals surface area contributed by atoms with E-state index >= 15 is 0 Å². The topological polar surface area (TPSA) is 101 Å². The Hall–Kier alpha value is -2.41. The zero-order valence-electron chi connectivity index (χ0n) is 11.7. The maximum atomic E-state index is 11.9. The molecule has 2 rings (SSSR count). The van der Waals surface area contributed by atoms with E-state index in [9.17, 15) is 14.4 Å². The summed E-state index contributed by atoms with van der Waals surface area (Å²) in [6, 6.07) is 6.00. The predicted octanol–water partition coefficient (Wildman–Crippen LogP) is -1.14. The maximum absolute atomic E-state index is 11.9. The highest BCUT2D eigenvalue weighted by molar-refractivity contribution is 5.95. The molecule has 1 fully saturated rings. The number of nitrogens with one attached hydrogen (secondary N) is 2. The van der Waals surface area contributed by atoms with Gasteiger partial charge in [-0.25, -0.2) is 4.79 Å². The van der Waals surface area contributed by atoms with Crippen molar-refractivity contribution in [1.29, 1.82) is 0 Å². The van der Waals surface area contributed by atoms with Crippen LogP contribution in [-0.4, -0.2) is 44.0 Å². The summed E-state index contributed by atoms with van der Waals surface area (Å²) >= 11 is 0. The molecule has 1 heterocycles. The van der Waals surface area contributed by atoms with Crippen LogP contribution in [0.5, 0.6) is 0 Å². The largest absolute Gasteiger partial charge is 0.465 e. The fraction of sp³-hybridized carbons (Fsp3) is 0.357. The summed E-state index contributed by atoms with van der Waals surface area (Å²) in [5.74, 6) is -0.780. The summed E-state index contributed by atoms with van der Waals surface area (Å²) in [6.45, 7) is 1.41. The van der Waals surface area contributed by atoms with Crippen molar-refractivity contribution in [2.45, 2.75) is 12.5 Å². The van der Waals surface area contributed by atoms with Crippen LogP contribution in [-0.2, 0) is 14.3 Å². The van der Waals surface area contributed by atoms with Gasteiger partial charge in [0.2, 0.25) is 5.91 Å². The lowest BCUT2D eigenvalue weighted by atomic mass is 10.1. The van der Waals surface area contributed by atoms with Gasteiger partial charge in [0.1, 0.15) is 0 Å². The second-order valence-corrected chi connectivity index (χ2v) is 4.74. The fourth-order valence-corrected chi connectivity index (χ4v) is 2.11. The smallest absolute Gasteiger partial charge is 0.337 e. The van der Waals surface area contributed by atoms with Crippen LogP contribution in [0.4, 0.5) is 5.69 Å². The van der Waals surface area contributed by atoms with Gasteiger partial charge in [0.05, 0.1) is 32.2 Å². The average Bonchev–Trinajstić information content (AvgIpc) is 2.49. The summed E-state index contributed by atoms with van der Waals surface area (Å²) < 4.78 is 4.59. The molecule has 0 unspecified atom stereocenters. The number of quaternary nitrogens is 1. The van der Waals surface area contributed by atoms with Crippen molar-refractivity contribution in [3.05, 3.63) is 29.8 Å². The van der Waals surface area contributed by atoms with E-state index in [2.05, 4.69) is 15.4 Å². The summed E-state index contributed by atoms with van der Waals surface area (Å²) in [4.78, 5) is 34.7. The number of hydrogen-bond acceptors (Lipinski definition) is 4. The number of anilines is 1. The van der Waals surface area contributed by atoms with Gasteiger partial charge in [0.15, 0.2) is 6.04 Å². The Balaban J connectivity index is 1.90. The highest BCUT2D eigenvalue weighted by atomic mass is 16.5. The van der Waals surface area contributed by atoms with E-state index < -0.39 is 5.97 Å². The van der Waals surface area contributed by atoms with Crippen molar-refractivity contribution in [2.75, 3.05) is 25.5 Å². The van der Waals surface area contributed by atoms with Gasteiger partial charge < -0.3 is 20.7 Å². The van der Waals surface area contributed by atoms with Crippen LogP contribution in [0.2, 0.25) is 0 Å². The van der Waals surface area contributed by atoms with Crippen molar-refractivity contribution in [2.24, 2.45) is 0 Å². The quantitative estimate of drug-likeness (QED) is 0.611. The monoisotopic (exact) mass is 292 g/mol. The van der Waals surface area contributed by atoms with Gasteiger partial charge >= 0.3 is 5.97 Å². The highest BCUT2D eigenvalue weighted by Crippen LogP contribution is 2.11. The van der Waals surface area contributed by atoms with Gasteiger partial charge in [0, 0.05) is 5.69 Å². The van der Waals surface area contributed by atoms with Crippen molar-refractivity contribution >= 4 is 23.5 Å². The Kier molecular flexibility index (Phi) is 4.89. The molecule has 1 atom stereocenters. The first-order valence-corrected chi connectivity index (χ1v) is 6.69. The summed E-state index contributed by atoms with van der Waals surface area (Å²) in [5.41, 5.74) is 0.986. The minimum absolute atomic E-state index is 0.113. The number of nitrogens with two attached hydrogens (primary N) is 1. The Labute approximate surface area is 122 Å². The number of carbonyl (C=O) groups is 3. The molecule has 4 N–H and O–H groups in total. The highest BCUT2D eigenvalue weighted by Gasteiger charge is 2.27. The molecule has 2 amide bonds. The molecule has 0 radical (unpaired) electrons. The van der Waals surface area contributed by atoms with Gasteiger partial charge in [-0.15, -0.1) is 0 Å². The molecule has 1 saturated heterocycles.